The smallest absolute Gasteiger partial charge is 0.252 e. The van der Waals surface area contributed by atoms with Crippen molar-refractivity contribution in [2.75, 3.05) is 26.2 Å². The van der Waals surface area contributed by atoms with Crippen molar-refractivity contribution >= 4 is 17.5 Å². The standard InChI is InChI=1S/C21H26ClN3O/c22-20-7-5-17(6-8-20)3-4-18-9-13-25(14-10-18)15-12-24-21(26)19-2-1-11-23-16-19/h1-2,5-8,11,16,18H,3-4,9-10,12-15H2,(H,24,26). The summed E-state index contributed by atoms with van der Waals surface area (Å²) < 4.78 is 0. The van der Waals surface area contributed by atoms with Gasteiger partial charge in [-0.15, -0.1) is 0 Å². The molecule has 26 heavy (non-hydrogen) atoms. The Labute approximate surface area is 160 Å². The number of likely N-dealkylation sites (tertiary alicyclic amines) is 1. The van der Waals surface area contributed by atoms with Gasteiger partial charge in [0.2, 0.25) is 0 Å². The molecule has 1 N–H and O–H groups in total. The number of nitrogens with zero attached hydrogens (tertiary/aromatic N) is 2. The van der Waals surface area contributed by atoms with E-state index in [9.17, 15) is 4.79 Å². The zero-order chi connectivity index (χ0) is 18.2. The number of nitrogens with one attached hydrogen (secondary N) is 1. The van der Waals surface area contributed by atoms with Gasteiger partial charge in [-0.3, -0.25) is 9.78 Å². The molecular weight excluding hydrogens is 346 g/mol. The number of pyridine rings is 1. The first-order valence-corrected chi connectivity index (χ1v) is 9.73. The molecule has 0 spiro atoms. The molecule has 1 fully saturated rings. The summed E-state index contributed by atoms with van der Waals surface area (Å²) in [4.78, 5) is 18.4. The lowest BCUT2D eigenvalue weighted by molar-refractivity contribution is 0.0943. The fourth-order valence-electron chi connectivity index (χ4n) is 3.45. The van der Waals surface area contributed by atoms with Crippen molar-refractivity contribution in [2.45, 2.75) is 25.7 Å². The van der Waals surface area contributed by atoms with E-state index in [0.717, 1.165) is 37.0 Å². The molecule has 0 bridgehead atoms. The molecule has 0 aliphatic carbocycles. The zero-order valence-corrected chi connectivity index (χ0v) is 15.8. The molecule has 5 heteroatoms. The van der Waals surface area contributed by atoms with Crippen LogP contribution in [0.25, 0.3) is 0 Å². The monoisotopic (exact) mass is 371 g/mol. The molecule has 138 valence electrons. The predicted octanol–water partition coefficient (Wildman–Crippen LogP) is 3.81. The first kappa shape index (κ1) is 18.9. The van der Waals surface area contributed by atoms with Crippen molar-refractivity contribution in [2.24, 2.45) is 5.92 Å². The second kappa shape index (κ2) is 9.70. The van der Waals surface area contributed by atoms with Crippen LogP contribution in [0, 0.1) is 5.92 Å². The average Bonchev–Trinajstić information content (AvgIpc) is 2.69. The van der Waals surface area contributed by atoms with E-state index in [1.165, 1.54) is 24.8 Å². The molecule has 1 aromatic carbocycles. The van der Waals surface area contributed by atoms with Gasteiger partial charge in [-0.1, -0.05) is 23.7 Å². The molecule has 3 rings (SSSR count). The Morgan fingerprint density at radius 3 is 2.65 bits per heavy atom. The number of piperidine rings is 1. The molecule has 2 heterocycles. The van der Waals surface area contributed by atoms with E-state index in [4.69, 9.17) is 11.6 Å². The largest absolute Gasteiger partial charge is 0.351 e. The number of hydrogen-bond donors (Lipinski definition) is 1. The van der Waals surface area contributed by atoms with Gasteiger partial charge >= 0.3 is 0 Å². The van der Waals surface area contributed by atoms with Crippen LogP contribution in [0.15, 0.2) is 48.8 Å². The summed E-state index contributed by atoms with van der Waals surface area (Å²) in [5.41, 5.74) is 1.99. The van der Waals surface area contributed by atoms with Crippen molar-refractivity contribution in [3.8, 4) is 0 Å². The lowest BCUT2D eigenvalue weighted by Gasteiger charge is -2.32. The molecule has 0 unspecified atom stereocenters. The SMILES string of the molecule is O=C(NCCN1CCC(CCc2ccc(Cl)cc2)CC1)c1cccnc1. The maximum absolute atomic E-state index is 12.0. The van der Waals surface area contributed by atoms with E-state index in [1.54, 1.807) is 24.5 Å². The third-order valence-corrected chi connectivity index (χ3v) is 5.35. The molecular formula is C21H26ClN3O. The Balaban J connectivity index is 1.31. The van der Waals surface area contributed by atoms with E-state index >= 15 is 0 Å². The highest BCUT2D eigenvalue weighted by Crippen LogP contribution is 2.22. The van der Waals surface area contributed by atoms with Crippen molar-refractivity contribution in [3.05, 3.63) is 64.9 Å². The lowest BCUT2D eigenvalue weighted by Crippen LogP contribution is -2.39. The fraction of sp³-hybridized carbons (Fsp3) is 0.429. The second-order valence-corrected chi connectivity index (χ2v) is 7.38. The number of aryl methyl sites for hydroxylation is 1. The highest BCUT2D eigenvalue weighted by Gasteiger charge is 2.19. The number of carbonyl (C=O) groups excluding carboxylic acids is 1. The lowest BCUT2D eigenvalue weighted by atomic mass is 9.90. The van der Waals surface area contributed by atoms with Crippen LogP contribution in [0.1, 0.15) is 35.2 Å². The maximum atomic E-state index is 12.0. The van der Waals surface area contributed by atoms with Gasteiger partial charge in [0.15, 0.2) is 0 Å². The normalized spacial score (nSPS) is 15.7. The summed E-state index contributed by atoms with van der Waals surface area (Å²) in [5.74, 6) is 0.753. The summed E-state index contributed by atoms with van der Waals surface area (Å²) in [6.45, 7) is 3.83. The van der Waals surface area contributed by atoms with Crippen LogP contribution >= 0.6 is 11.6 Å². The van der Waals surface area contributed by atoms with Crippen LogP contribution < -0.4 is 5.32 Å². The van der Waals surface area contributed by atoms with E-state index < -0.39 is 0 Å². The van der Waals surface area contributed by atoms with Crippen LogP contribution in [0.2, 0.25) is 5.02 Å². The molecule has 0 saturated carbocycles. The van der Waals surface area contributed by atoms with Gasteiger partial charge in [-0.25, -0.2) is 0 Å². The van der Waals surface area contributed by atoms with E-state index in [2.05, 4.69) is 27.3 Å². The summed E-state index contributed by atoms with van der Waals surface area (Å²) in [5, 5.41) is 3.78. The van der Waals surface area contributed by atoms with Crippen molar-refractivity contribution in [3.63, 3.8) is 0 Å². The summed E-state index contributed by atoms with van der Waals surface area (Å²) >= 11 is 5.94. The van der Waals surface area contributed by atoms with Crippen LogP contribution in [0.3, 0.4) is 0 Å². The first-order chi connectivity index (χ1) is 12.7. The second-order valence-electron chi connectivity index (χ2n) is 6.95. The van der Waals surface area contributed by atoms with Gasteiger partial charge in [0.1, 0.15) is 0 Å². The summed E-state index contributed by atoms with van der Waals surface area (Å²) in [6, 6.07) is 11.8. The molecule has 0 atom stereocenters. The third-order valence-electron chi connectivity index (χ3n) is 5.10. The average molecular weight is 372 g/mol. The topological polar surface area (TPSA) is 45.2 Å². The van der Waals surface area contributed by atoms with E-state index in [-0.39, 0.29) is 5.91 Å². The van der Waals surface area contributed by atoms with Crippen LogP contribution in [0.5, 0.6) is 0 Å². The number of aromatic nitrogens is 1. The Bertz CT molecular complexity index is 682. The molecule has 2 aromatic rings. The number of halogens is 1. The van der Waals surface area contributed by atoms with Gasteiger partial charge in [0, 0.05) is 30.5 Å². The van der Waals surface area contributed by atoms with Crippen molar-refractivity contribution < 1.29 is 4.79 Å². The Morgan fingerprint density at radius 2 is 1.96 bits per heavy atom. The van der Waals surface area contributed by atoms with Gasteiger partial charge in [-0.2, -0.15) is 0 Å². The van der Waals surface area contributed by atoms with Gasteiger partial charge in [0.25, 0.3) is 5.91 Å². The van der Waals surface area contributed by atoms with Gasteiger partial charge in [0.05, 0.1) is 5.56 Å². The first-order valence-electron chi connectivity index (χ1n) is 9.36. The third kappa shape index (κ3) is 5.82. The molecule has 4 nitrogen and oxygen atoms in total. The maximum Gasteiger partial charge on any atom is 0.252 e. The van der Waals surface area contributed by atoms with Gasteiger partial charge < -0.3 is 10.2 Å². The number of rotatable bonds is 7. The molecule has 1 aromatic heterocycles. The molecule has 1 aliphatic heterocycles. The minimum Gasteiger partial charge on any atom is -0.351 e. The Hall–Kier alpha value is -1.91. The molecule has 0 radical (unpaired) electrons. The minimum absolute atomic E-state index is 0.0454. The molecule has 1 amide bonds. The van der Waals surface area contributed by atoms with Crippen LogP contribution in [0.4, 0.5) is 0 Å². The van der Waals surface area contributed by atoms with Gasteiger partial charge in [-0.05, 0) is 74.5 Å². The summed E-state index contributed by atoms with van der Waals surface area (Å²) in [6.07, 6.45) is 8.12. The van der Waals surface area contributed by atoms with Crippen molar-refractivity contribution in [1.29, 1.82) is 0 Å². The number of benzene rings is 1. The van der Waals surface area contributed by atoms with Crippen LogP contribution in [-0.2, 0) is 6.42 Å². The molecule has 1 saturated heterocycles. The zero-order valence-electron chi connectivity index (χ0n) is 15.0. The highest BCUT2D eigenvalue weighted by molar-refractivity contribution is 6.30. The highest BCUT2D eigenvalue weighted by atomic mass is 35.5. The summed E-state index contributed by atoms with van der Waals surface area (Å²) in [7, 11) is 0. The van der Waals surface area contributed by atoms with Crippen molar-refractivity contribution in [1.82, 2.24) is 15.2 Å². The fourth-order valence-corrected chi connectivity index (χ4v) is 3.57. The van der Waals surface area contributed by atoms with E-state index in [0.29, 0.717) is 12.1 Å². The molecule has 1 aliphatic rings. The Morgan fingerprint density at radius 1 is 1.19 bits per heavy atom. The minimum atomic E-state index is -0.0454. The van der Waals surface area contributed by atoms with Crippen LogP contribution in [-0.4, -0.2) is 42.0 Å². The number of hydrogen-bond acceptors (Lipinski definition) is 3. The number of amides is 1. The number of carbonyl (C=O) groups is 1. The Kier molecular flexibility index (Phi) is 7.04. The van der Waals surface area contributed by atoms with E-state index in [1.807, 2.05) is 12.1 Å². The quantitative estimate of drug-likeness (QED) is 0.804. The predicted molar refractivity (Wildman–Crippen MR) is 106 cm³/mol.